The second-order valence-corrected chi connectivity index (χ2v) is 5.42. The Morgan fingerprint density at radius 3 is 3.18 bits per heavy atom. The third kappa shape index (κ3) is 3.23. The van der Waals surface area contributed by atoms with Gasteiger partial charge in [0.2, 0.25) is 5.91 Å². The zero-order chi connectivity index (χ0) is 12.3. The van der Waals surface area contributed by atoms with E-state index < -0.39 is 6.10 Å². The van der Waals surface area contributed by atoms with E-state index in [-0.39, 0.29) is 5.91 Å². The highest BCUT2D eigenvalue weighted by atomic mass is 32.2. The normalized spacial score (nSPS) is 16.1. The van der Waals surface area contributed by atoms with Crippen molar-refractivity contribution in [3.63, 3.8) is 0 Å². The number of aliphatic hydroxyl groups is 1. The first-order valence-electron chi connectivity index (χ1n) is 5.87. The number of hydrogen-bond acceptors (Lipinski definition) is 3. The summed E-state index contributed by atoms with van der Waals surface area (Å²) in [5.41, 5.74) is 2.48. The van der Waals surface area contributed by atoms with Crippen LogP contribution in [0.5, 0.6) is 0 Å². The quantitative estimate of drug-likeness (QED) is 0.860. The Hall–Kier alpha value is -1.00. The SMILES string of the molecule is CC(O)C(=O)NCc1ccc2c(c1)CCCS2. The molecule has 0 aliphatic carbocycles. The number of aryl methyl sites for hydroxylation is 1. The summed E-state index contributed by atoms with van der Waals surface area (Å²) < 4.78 is 0. The molecule has 1 aromatic rings. The van der Waals surface area contributed by atoms with Gasteiger partial charge in [-0.25, -0.2) is 0 Å². The number of fused-ring (bicyclic) bond motifs is 1. The molecule has 2 rings (SSSR count). The minimum Gasteiger partial charge on any atom is -0.384 e. The van der Waals surface area contributed by atoms with Gasteiger partial charge in [0.15, 0.2) is 0 Å². The molecule has 0 spiro atoms. The maximum absolute atomic E-state index is 11.2. The van der Waals surface area contributed by atoms with Gasteiger partial charge in [-0.15, -0.1) is 11.8 Å². The minimum atomic E-state index is -0.941. The third-order valence-electron chi connectivity index (χ3n) is 2.82. The van der Waals surface area contributed by atoms with Gasteiger partial charge in [-0.05, 0) is 42.7 Å². The summed E-state index contributed by atoms with van der Waals surface area (Å²) in [6, 6.07) is 6.33. The molecule has 1 aromatic carbocycles. The lowest BCUT2D eigenvalue weighted by atomic mass is 10.1. The first-order valence-corrected chi connectivity index (χ1v) is 6.86. The van der Waals surface area contributed by atoms with Crippen molar-refractivity contribution in [2.24, 2.45) is 0 Å². The predicted octanol–water partition coefficient (Wildman–Crippen LogP) is 1.72. The van der Waals surface area contributed by atoms with Gasteiger partial charge in [0, 0.05) is 11.4 Å². The Labute approximate surface area is 106 Å². The van der Waals surface area contributed by atoms with Gasteiger partial charge >= 0.3 is 0 Å². The molecule has 0 bridgehead atoms. The molecule has 1 aliphatic heterocycles. The van der Waals surface area contributed by atoms with E-state index in [1.165, 1.54) is 29.6 Å². The average Bonchev–Trinajstić information content (AvgIpc) is 2.35. The fraction of sp³-hybridized carbons (Fsp3) is 0.462. The highest BCUT2D eigenvalue weighted by Crippen LogP contribution is 2.30. The maximum atomic E-state index is 11.2. The van der Waals surface area contributed by atoms with Gasteiger partial charge in [0.05, 0.1) is 0 Å². The van der Waals surface area contributed by atoms with Gasteiger partial charge in [-0.2, -0.15) is 0 Å². The average molecular weight is 251 g/mol. The molecule has 4 heteroatoms. The van der Waals surface area contributed by atoms with E-state index in [9.17, 15) is 4.79 Å². The molecule has 1 heterocycles. The van der Waals surface area contributed by atoms with Crippen LogP contribution in [0.25, 0.3) is 0 Å². The summed E-state index contributed by atoms with van der Waals surface area (Å²) >= 11 is 1.90. The van der Waals surface area contributed by atoms with E-state index >= 15 is 0 Å². The summed E-state index contributed by atoms with van der Waals surface area (Å²) in [7, 11) is 0. The fourth-order valence-electron chi connectivity index (χ4n) is 1.86. The van der Waals surface area contributed by atoms with Crippen LogP contribution in [0.4, 0.5) is 0 Å². The van der Waals surface area contributed by atoms with Crippen LogP contribution in [0, 0.1) is 0 Å². The van der Waals surface area contributed by atoms with Crippen molar-refractivity contribution >= 4 is 17.7 Å². The van der Waals surface area contributed by atoms with E-state index in [1.54, 1.807) is 0 Å². The molecule has 0 saturated heterocycles. The lowest BCUT2D eigenvalue weighted by Gasteiger charge is -2.16. The van der Waals surface area contributed by atoms with Crippen LogP contribution >= 0.6 is 11.8 Å². The van der Waals surface area contributed by atoms with Crippen molar-refractivity contribution in [3.05, 3.63) is 29.3 Å². The first-order chi connectivity index (χ1) is 8.16. The summed E-state index contributed by atoms with van der Waals surface area (Å²) in [6.45, 7) is 1.96. The highest BCUT2D eigenvalue weighted by molar-refractivity contribution is 7.99. The summed E-state index contributed by atoms with van der Waals surface area (Å²) in [6.07, 6.45) is 1.41. The van der Waals surface area contributed by atoms with Crippen LogP contribution in [0.2, 0.25) is 0 Å². The molecule has 1 atom stereocenters. The number of benzene rings is 1. The van der Waals surface area contributed by atoms with Crippen LogP contribution in [0.3, 0.4) is 0 Å². The summed E-state index contributed by atoms with van der Waals surface area (Å²) in [5, 5.41) is 11.8. The number of rotatable bonds is 3. The van der Waals surface area contributed by atoms with E-state index in [0.717, 1.165) is 12.0 Å². The fourth-order valence-corrected chi connectivity index (χ4v) is 2.88. The van der Waals surface area contributed by atoms with Crippen molar-refractivity contribution in [1.82, 2.24) is 5.32 Å². The van der Waals surface area contributed by atoms with E-state index in [0.29, 0.717) is 6.54 Å². The summed E-state index contributed by atoms with van der Waals surface area (Å²) in [5.74, 6) is 0.877. The number of thioether (sulfide) groups is 1. The maximum Gasteiger partial charge on any atom is 0.248 e. The third-order valence-corrected chi connectivity index (χ3v) is 4.02. The molecule has 1 aliphatic rings. The van der Waals surface area contributed by atoms with Gasteiger partial charge in [0.25, 0.3) is 0 Å². The number of carbonyl (C=O) groups is 1. The van der Waals surface area contributed by atoms with Crippen molar-refractivity contribution in [2.75, 3.05) is 5.75 Å². The minimum absolute atomic E-state index is 0.322. The van der Waals surface area contributed by atoms with E-state index in [2.05, 4.69) is 17.4 Å². The van der Waals surface area contributed by atoms with Gasteiger partial charge < -0.3 is 10.4 Å². The molecule has 1 amide bonds. The number of amides is 1. The molecule has 92 valence electrons. The molecule has 0 fully saturated rings. The van der Waals surface area contributed by atoms with Crippen LogP contribution in [0.15, 0.2) is 23.1 Å². The standard InChI is InChI=1S/C13H17NO2S/c1-9(15)13(16)14-8-10-4-5-12-11(7-10)3-2-6-17-12/h4-5,7,9,15H,2-3,6,8H2,1H3,(H,14,16). The molecule has 3 nitrogen and oxygen atoms in total. The van der Waals surface area contributed by atoms with Crippen molar-refractivity contribution in [1.29, 1.82) is 0 Å². The number of aliphatic hydroxyl groups excluding tert-OH is 1. The molecular weight excluding hydrogens is 234 g/mol. The lowest BCUT2D eigenvalue weighted by molar-refractivity contribution is -0.128. The van der Waals surface area contributed by atoms with Crippen LogP contribution in [-0.4, -0.2) is 22.9 Å². The Kier molecular flexibility index (Phi) is 4.07. The smallest absolute Gasteiger partial charge is 0.248 e. The van der Waals surface area contributed by atoms with Crippen LogP contribution in [-0.2, 0) is 17.8 Å². The molecule has 1 unspecified atom stereocenters. The first kappa shape index (κ1) is 12.5. The van der Waals surface area contributed by atoms with E-state index in [1.807, 2.05) is 17.8 Å². The second-order valence-electron chi connectivity index (χ2n) is 4.29. The Morgan fingerprint density at radius 1 is 1.59 bits per heavy atom. The van der Waals surface area contributed by atoms with Crippen LogP contribution < -0.4 is 5.32 Å². The molecule has 0 aromatic heterocycles. The van der Waals surface area contributed by atoms with Crippen molar-refractivity contribution < 1.29 is 9.90 Å². The number of hydrogen-bond donors (Lipinski definition) is 2. The van der Waals surface area contributed by atoms with Crippen molar-refractivity contribution in [2.45, 2.75) is 37.3 Å². The molecular formula is C13H17NO2S. The van der Waals surface area contributed by atoms with Gasteiger partial charge in [-0.1, -0.05) is 12.1 Å². The topological polar surface area (TPSA) is 49.3 Å². The summed E-state index contributed by atoms with van der Waals surface area (Å²) in [4.78, 5) is 12.6. The van der Waals surface area contributed by atoms with Crippen LogP contribution in [0.1, 0.15) is 24.5 Å². The van der Waals surface area contributed by atoms with Gasteiger partial charge in [-0.3, -0.25) is 4.79 Å². The van der Waals surface area contributed by atoms with Gasteiger partial charge in [0.1, 0.15) is 6.10 Å². The van der Waals surface area contributed by atoms with E-state index in [4.69, 9.17) is 5.11 Å². The Balaban J connectivity index is 2.00. The zero-order valence-corrected chi connectivity index (χ0v) is 10.7. The Bertz CT molecular complexity index is 418. The lowest BCUT2D eigenvalue weighted by Crippen LogP contribution is -2.31. The van der Waals surface area contributed by atoms with Crippen molar-refractivity contribution in [3.8, 4) is 0 Å². The number of carbonyl (C=O) groups excluding carboxylic acids is 1. The highest BCUT2D eigenvalue weighted by Gasteiger charge is 2.11. The second kappa shape index (κ2) is 5.56. The predicted molar refractivity (Wildman–Crippen MR) is 69.0 cm³/mol. The molecule has 17 heavy (non-hydrogen) atoms. The molecule has 0 radical (unpaired) electrons. The molecule has 2 N–H and O–H groups in total. The Morgan fingerprint density at radius 2 is 2.41 bits per heavy atom. The number of nitrogens with one attached hydrogen (secondary N) is 1. The molecule has 0 saturated carbocycles. The largest absolute Gasteiger partial charge is 0.384 e. The zero-order valence-electron chi connectivity index (χ0n) is 9.90. The monoisotopic (exact) mass is 251 g/mol.